The second kappa shape index (κ2) is 7.09. The lowest BCUT2D eigenvalue weighted by Gasteiger charge is -2.30. The maximum absolute atomic E-state index is 13.9. The number of anilines is 1. The van der Waals surface area contributed by atoms with Crippen LogP contribution in [0.1, 0.15) is 25.3 Å². The lowest BCUT2D eigenvalue weighted by Crippen LogP contribution is -2.41. The molecule has 2 N–H and O–H groups in total. The summed E-state index contributed by atoms with van der Waals surface area (Å²) in [6, 6.07) is 4.08. The van der Waals surface area contributed by atoms with Gasteiger partial charge in [-0.2, -0.15) is 0 Å². The Labute approximate surface area is 124 Å². The van der Waals surface area contributed by atoms with Crippen molar-refractivity contribution < 1.29 is 14.3 Å². The zero-order chi connectivity index (χ0) is 15.2. The summed E-state index contributed by atoms with van der Waals surface area (Å²) in [5.74, 6) is 5.02. The average molecular weight is 290 g/mol. The molecule has 1 atom stereocenters. The molecule has 0 spiro atoms. The van der Waals surface area contributed by atoms with E-state index in [0.717, 1.165) is 12.8 Å². The molecule has 1 aliphatic heterocycles. The van der Waals surface area contributed by atoms with Gasteiger partial charge in [0.25, 0.3) is 0 Å². The van der Waals surface area contributed by atoms with Crippen molar-refractivity contribution in [3.8, 4) is 11.8 Å². The number of benzene rings is 1. The van der Waals surface area contributed by atoms with Gasteiger partial charge in [-0.15, -0.1) is 0 Å². The first-order chi connectivity index (χ1) is 10.1. The van der Waals surface area contributed by atoms with Crippen LogP contribution < -0.4 is 5.32 Å². The molecule has 0 aliphatic carbocycles. The van der Waals surface area contributed by atoms with Crippen LogP contribution in [0.5, 0.6) is 0 Å². The number of nitrogens with one attached hydrogen (secondary N) is 1. The minimum Gasteiger partial charge on any atom is -0.384 e. The fourth-order valence-corrected chi connectivity index (χ4v) is 2.40. The van der Waals surface area contributed by atoms with Crippen molar-refractivity contribution in [1.29, 1.82) is 0 Å². The van der Waals surface area contributed by atoms with E-state index in [9.17, 15) is 9.18 Å². The Balaban J connectivity index is 2.03. The Kier molecular flexibility index (Phi) is 5.18. The van der Waals surface area contributed by atoms with Gasteiger partial charge in [0, 0.05) is 18.7 Å². The molecule has 1 aliphatic rings. The van der Waals surface area contributed by atoms with E-state index >= 15 is 0 Å². The van der Waals surface area contributed by atoms with Gasteiger partial charge in [0.1, 0.15) is 12.4 Å². The standard InChI is InChI=1S/C16H19FN2O2/c1-12-4-2-8-19(11-12)16(21)18-15-7-6-13(5-3-9-20)10-14(15)17/h6-7,10,12,20H,2,4,8-9,11H2,1H3,(H,18,21). The molecule has 1 saturated heterocycles. The highest BCUT2D eigenvalue weighted by atomic mass is 19.1. The lowest BCUT2D eigenvalue weighted by atomic mass is 10.0. The number of carbonyl (C=O) groups excluding carboxylic acids is 1. The number of aliphatic hydroxyl groups is 1. The number of halogens is 1. The van der Waals surface area contributed by atoms with Crippen LogP contribution in [0, 0.1) is 23.6 Å². The van der Waals surface area contributed by atoms with E-state index in [1.165, 1.54) is 12.1 Å². The Morgan fingerprint density at radius 1 is 1.57 bits per heavy atom. The molecule has 0 radical (unpaired) electrons. The Bertz CT molecular complexity index is 577. The van der Waals surface area contributed by atoms with Crippen molar-refractivity contribution in [2.45, 2.75) is 19.8 Å². The van der Waals surface area contributed by atoms with Crippen LogP contribution in [0.25, 0.3) is 0 Å². The van der Waals surface area contributed by atoms with Crippen LogP contribution in [-0.4, -0.2) is 35.7 Å². The largest absolute Gasteiger partial charge is 0.384 e. The summed E-state index contributed by atoms with van der Waals surface area (Å²) in [5.41, 5.74) is 0.610. The molecular weight excluding hydrogens is 271 g/mol. The smallest absolute Gasteiger partial charge is 0.321 e. The molecule has 1 fully saturated rings. The third kappa shape index (κ3) is 4.20. The number of nitrogens with zero attached hydrogens (tertiary/aromatic N) is 1. The molecule has 1 aromatic carbocycles. The van der Waals surface area contributed by atoms with Crippen LogP contribution in [0.2, 0.25) is 0 Å². The molecule has 1 unspecified atom stereocenters. The molecule has 1 heterocycles. The zero-order valence-corrected chi connectivity index (χ0v) is 12.0. The fourth-order valence-electron chi connectivity index (χ4n) is 2.40. The molecule has 5 heteroatoms. The predicted molar refractivity (Wildman–Crippen MR) is 79.4 cm³/mol. The van der Waals surface area contributed by atoms with Gasteiger partial charge >= 0.3 is 6.03 Å². The third-order valence-corrected chi connectivity index (χ3v) is 3.47. The average Bonchev–Trinajstić information content (AvgIpc) is 2.47. The SMILES string of the molecule is CC1CCCN(C(=O)Nc2ccc(C#CCO)cc2F)C1. The van der Waals surface area contributed by atoms with Crippen molar-refractivity contribution in [3.63, 3.8) is 0 Å². The van der Waals surface area contributed by atoms with E-state index in [1.54, 1.807) is 11.0 Å². The predicted octanol–water partition coefficient (Wildman–Crippen LogP) is 2.43. The van der Waals surface area contributed by atoms with Gasteiger partial charge in [0.05, 0.1) is 5.69 Å². The molecule has 112 valence electrons. The normalized spacial score (nSPS) is 17.9. The lowest BCUT2D eigenvalue weighted by molar-refractivity contribution is 0.182. The molecule has 0 bridgehead atoms. The highest BCUT2D eigenvalue weighted by Gasteiger charge is 2.21. The molecule has 2 amide bonds. The number of piperidine rings is 1. The zero-order valence-electron chi connectivity index (χ0n) is 12.0. The molecule has 0 aromatic heterocycles. The summed E-state index contributed by atoms with van der Waals surface area (Å²) >= 11 is 0. The van der Waals surface area contributed by atoms with Gasteiger partial charge in [-0.3, -0.25) is 0 Å². The summed E-state index contributed by atoms with van der Waals surface area (Å²) in [7, 11) is 0. The summed E-state index contributed by atoms with van der Waals surface area (Å²) in [5, 5.41) is 11.2. The van der Waals surface area contributed by atoms with E-state index in [2.05, 4.69) is 24.1 Å². The van der Waals surface area contributed by atoms with E-state index in [1.807, 2.05) is 0 Å². The first-order valence-corrected chi connectivity index (χ1v) is 7.05. The first-order valence-electron chi connectivity index (χ1n) is 7.05. The number of hydrogen-bond acceptors (Lipinski definition) is 2. The molecule has 4 nitrogen and oxygen atoms in total. The van der Waals surface area contributed by atoms with Gasteiger partial charge in [0.15, 0.2) is 0 Å². The van der Waals surface area contributed by atoms with Gasteiger partial charge in [0.2, 0.25) is 0 Å². The summed E-state index contributed by atoms with van der Waals surface area (Å²) < 4.78 is 13.9. The van der Waals surface area contributed by atoms with Crippen LogP contribution in [0.3, 0.4) is 0 Å². The van der Waals surface area contributed by atoms with Gasteiger partial charge in [-0.05, 0) is 37.0 Å². The quantitative estimate of drug-likeness (QED) is 0.781. The van der Waals surface area contributed by atoms with Gasteiger partial charge in [-0.1, -0.05) is 18.8 Å². The second-order valence-electron chi connectivity index (χ2n) is 5.28. The number of aliphatic hydroxyl groups excluding tert-OH is 1. The molecular formula is C16H19FN2O2. The topological polar surface area (TPSA) is 52.6 Å². The fraction of sp³-hybridized carbons (Fsp3) is 0.438. The molecule has 1 aromatic rings. The maximum atomic E-state index is 13.9. The minimum absolute atomic E-state index is 0.146. The van der Waals surface area contributed by atoms with Crippen LogP contribution in [0.4, 0.5) is 14.9 Å². The third-order valence-electron chi connectivity index (χ3n) is 3.47. The molecule has 21 heavy (non-hydrogen) atoms. The first kappa shape index (κ1) is 15.3. The van der Waals surface area contributed by atoms with Gasteiger partial charge in [-0.25, -0.2) is 9.18 Å². The van der Waals surface area contributed by atoms with Crippen molar-refractivity contribution in [1.82, 2.24) is 4.90 Å². The molecule has 0 saturated carbocycles. The Morgan fingerprint density at radius 3 is 3.05 bits per heavy atom. The molecule has 2 rings (SSSR count). The monoisotopic (exact) mass is 290 g/mol. The highest BCUT2D eigenvalue weighted by molar-refractivity contribution is 5.89. The van der Waals surface area contributed by atoms with E-state index < -0.39 is 5.82 Å². The van der Waals surface area contributed by atoms with Crippen LogP contribution in [-0.2, 0) is 0 Å². The van der Waals surface area contributed by atoms with Crippen LogP contribution in [0.15, 0.2) is 18.2 Å². The van der Waals surface area contributed by atoms with Crippen molar-refractivity contribution >= 4 is 11.7 Å². The summed E-state index contributed by atoms with van der Waals surface area (Å²) in [4.78, 5) is 13.8. The summed E-state index contributed by atoms with van der Waals surface area (Å²) in [6.45, 7) is 3.24. The summed E-state index contributed by atoms with van der Waals surface area (Å²) in [6.07, 6.45) is 2.10. The number of urea groups is 1. The second-order valence-corrected chi connectivity index (χ2v) is 5.28. The minimum atomic E-state index is -0.529. The van der Waals surface area contributed by atoms with Crippen molar-refractivity contribution in [3.05, 3.63) is 29.6 Å². The Morgan fingerprint density at radius 2 is 2.38 bits per heavy atom. The number of hydrogen-bond donors (Lipinski definition) is 2. The maximum Gasteiger partial charge on any atom is 0.321 e. The van der Waals surface area contributed by atoms with Crippen molar-refractivity contribution in [2.24, 2.45) is 5.92 Å². The van der Waals surface area contributed by atoms with E-state index in [4.69, 9.17) is 5.11 Å². The van der Waals surface area contributed by atoms with Crippen molar-refractivity contribution in [2.75, 3.05) is 25.0 Å². The van der Waals surface area contributed by atoms with Crippen LogP contribution >= 0.6 is 0 Å². The number of carbonyl (C=O) groups is 1. The number of rotatable bonds is 1. The van der Waals surface area contributed by atoms with E-state index in [0.29, 0.717) is 24.6 Å². The van der Waals surface area contributed by atoms with Gasteiger partial charge < -0.3 is 15.3 Å². The number of likely N-dealkylation sites (tertiary alicyclic amines) is 1. The van der Waals surface area contributed by atoms with E-state index in [-0.39, 0.29) is 18.3 Å². The highest BCUT2D eigenvalue weighted by Crippen LogP contribution is 2.19. The Hall–Kier alpha value is -2.06. The number of amides is 2.